The zero-order valence-electron chi connectivity index (χ0n) is 25.2. The molecule has 9 aromatic rings. The third-order valence-electron chi connectivity index (χ3n) is 8.57. The fourth-order valence-corrected chi connectivity index (χ4v) is 6.27. The number of aromatic nitrogens is 4. The number of hydrogen-bond donors (Lipinski definition) is 0. The Morgan fingerprint density at radius 3 is 1.70 bits per heavy atom. The summed E-state index contributed by atoms with van der Waals surface area (Å²) >= 11 is 0. The lowest BCUT2D eigenvalue weighted by Gasteiger charge is -2.11. The van der Waals surface area contributed by atoms with E-state index in [1.807, 2.05) is 72.8 Å². The minimum absolute atomic E-state index is 0.578. The van der Waals surface area contributed by atoms with E-state index < -0.39 is 0 Å². The van der Waals surface area contributed by atoms with Gasteiger partial charge in [-0.15, -0.1) is 0 Å². The number of rotatable bonds is 5. The highest BCUT2D eigenvalue weighted by molar-refractivity contribution is 6.11. The van der Waals surface area contributed by atoms with Gasteiger partial charge in [0.05, 0.1) is 0 Å². The second-order valence-electron chi connectivity index (χ2n) is 11.5. The van der Waals surface area contributed by atoms with E-state index >= 15 is 0 Å². The Morgan fingerprint density at radius 1 is 0.362 bits per heavy atom. The summed E-state index contributed by atoms with van der Waals surface area (Å²) in [5.74, 6) is 2.37. The Kier molecular flexibility index (Phi) is 6.39. The average Bonchev–Trinajstić information content (AvgIpc) is 3.60. The van der Waals surface area contributed by atoms with Crippen molar-refractivity contribution in [2.75, 3.05) is 0 Å². The Hall–Kier alpha value is -6.46. The third kappa shape index (κ3) is 4.82. The van der Waals surface area contributed by atoms with Crippen LogP contribution in [0.2, 0.25) is 0 Å². The number of hydrogen-bond acceptors (Lipinski definition) is 5. The van der Waals surface area contributed by atoms with Crippen molar-refractivity contribution in [3.8, 4) is 56.7 Å². The molecule has 0 aliphatic heterocycles. The number of nitrogens with zero attached hydrogens (tertiary/aromatic N) is 4. The maximum absolute atomic E-state index is 6.25. The number of benzene rings is 7. The molecule has 0 aliphatic carbocycles. The van der Waals surface area contributed by atoms with Gasteiger partial charge in [-0.05, 0) is 45.5 Å². The van der Waals surface area contributed by atoms with Crippen molar-refractivity contribution in [1.29, 1.82) is 0 Å². The first-order valence-electron chi connectivity index (χ1n) is 15.6. The van der Waals surface area contributed by atoms with Crippen LogP contribution in [0.1, 0.15) is 0 Å². The predicted molar refractivity (Wildman–Crippen MR) is 190 cm³/mol. The molecule has 0 radical (unpaired) electrons. The first-order valence-corrected chi connectivity index (χ1v) is 15.6. The molecule has 220 valence electrons. The van der Waals surface area contributed by atoms with E-state index in [0.717, 1.165) is 44.1 Å². The molecule has 0 aliphatic rings. The van der Waals surface area contributed by atoms with Gasteiger partial charge in [0.2, 0.25) is 5.89 Å². The van der Waals surface area contributed by atoms with Crippen molar-refractivity contribution < 1.29 is 4.42 Å². The molecule has 0 atom stereocenters. The van der Waals surface area contributed by atoms with E-state index in [-0.39, 0.29) is 0 Å². The van der Waals surface area contributed by atoms with Gasteiger partial charge in [0, 0.05) is 27.6 Å². The summed E-state index contributed by atoms with van der Waals surface area (Å²) in [5.41, 5.74) is 7.45. The molecule has 7 aromatic carbocycles. The highest BCUT2D eigenvalue weighted by atomic mass is 16.3. The molecule has 0 fully saturated rings. The third-order valence-corrected chi connectivity index (χ3v) is 8.57. The van der Waals surface area contributed by atoms with E-state index in [2.05, 4.69) is 84.9 Å². The van der Waals surface area contributed by atoms with Crippen molar-refractivity contribution in [2.24, 2.45) is 0 Å². The Morgan fingerprint density at radius 2 is 0.936 bits per heavy atom. The van der Waals surface area contributed by atoms with Crippen LogP contribution < -0.4 is 0 Å². The van der Waals surface area contributed by atoms with Crippen LogP contribution in [0, 0.1) is 0 Å². The van der Waals surface area contributed by atoms with Gasteiger partial charge in [-0.25, -0.2) is 19.9 Å². The van der Waals surface area contributed by atoms with Crippen molar-refractivity contribution >= 4 is 32.6 Å². The van der Waals surface area contributed by atoms with E-state index in [4.69, 9.17) is 24.4 Å². The lowest BCUT2D eigenvalue weighted by atomic mass is 9.97. The largest absolute Gasteiger partial charge is 0.436 e. The van der Waals surface area contributed by atoms with Gasteiger partial charge >= 0.3 is 0 Å². The molecule has 0 unspecified atom stereocenters. The molecule has 0 bridgehead atoms. The Bertz CT molecular complexity index is 2550. The molecular formula is C42H26N4O. The normalized spacial score (nSPS) is 11.4. The van der Waals surface area contributed by atoms with Crippen molar-refractivity contribution in [2.45, 2.75) is 0 Å². The van der Waals surface area contributed by atoms with E-state index in [9.17, 15) is 0 Å². The smallest absolute Gasteiger partial charge is 0.227 e. The van der Waals surface area contributed by atoms with Crippen LogP contribution in [0.25, 0.3) is 89.4 Å². The van der Waals surface area contributed by atoms with Crippen LogP contribution in [-0.2, 0) is 0 Å². The van der Waals surface area contributed by atoms with Gasteiger partial charge in [0.1, 0.15) is 5.52 Å². The summed E-state index contributed by atoms with van der Waals surface area (Å²) in [4.78, 5) is 20.1. The van der Waals surface area contributed by atoms with Crippen LogP contribution in [-0.4, -0.2) is 19.9 Å². The summed E-state index contributed by atoms with van der Waals surface area (Å²) in [6.07, 6.45) is 0. The number of fused-ring (bicyclic) bond motifs is 4. The van der Waals surface area contributed by atoms with Crippen molar-refractivity contribution in [1.82, 2.24) is 19.9 Å². The van der Waals surface area contributed by atoms with Gasteiger partial charge in [0.15, 0.2) is 23.1 Å². The van der Waals surface area contributed by atoms with E-state index in [1.54, 1.807) is 0 Å². The monoisotopic (exact) mass is 602 g/mol. The van der Waals surface area contributed by atoms with Crippen LogP contribution in [0.5, 0.6) is 0 Å². The summed E-state index contributed by atoms with van der Waals surface area (Å²) in [5, 5.41) is 4.42. The molecule has 9 rings (SSSR count). The molecule has 2 aromatic heterocycles. The van der Waals surface area contributed by atoms with Crippen molar-refractivity contribution in [3.63, 3.8) is 0 Å². The molecule has 5 nitrogen and oxygen atoms in total. The second-order valence-corrected chi connectivity index (χ2v) is 11.5. The fourth-order valence-electron chi connectivity index (χ4n) is 6.27. The topological polar surface area (TPSA) is 64.7 Å². The maximum atomic E-state index is 6.25. The second kappa shape index (κ2) is 11.2. The van der Waals surface area contributed by atoms with Gasteiger partial charge < -0.3 is 4.42 Å². The quantitative estimate of drug-likeness (QED) is 0.196. The molecule has 0 spiro atoms. The zero-order valence-corrected chi connectivity index (χ0v) is 25.2. The maximum Gasteiger partial charge on any atom is 0.227 e. The van der Waals surface area contributed by atoms with Gasteiger partial charge in [-0.1, -0.05) is 140 Å². The van der Waals surface area contributed by atoms with Crippen LogP contribution in [0.15, 0.2) is 162 Å². The highest BCUT2D eigenvalue weighted by Crippen LogP contribution is 2.36. The van der Waals surface area contributed by atoms with Crippen LogP contribution in [0.4, 0.5) is 0 Å². The van der Waals surface area contributed by atoms with Crippen LogP contribution >= 0.6 is 0 Å². The Labute approximate surface area is 270 Å². The molecule has 47 heavy (non-hydrogen) atoms. The SMILES string of the molecule is c1ccc(-c2nc(-c3ccc(-c4cccc5ccccc45)cc3)nc(-c3cccc4ccc5oc(-c6ccccc6)nc5c34)n2)cc1. The van der Waals surface area contributed by atoms with Crippen LogP contribution in [0.3, 0.4) is 0 Å². The lowest BCUT2D eigenvalue weighted by Crippen LogP contribution is -2.00. The fraction of sp³-hybridized carbons (Fsp3) is 0. The zero-order chi connectivity index (χ0) is 31.2. The molecular weight excluding hydrogens is 576 g/mol. The summed E-state index contributed by atoms with van der Waals surface area (Å²) in [6.45, 7) is 0. The minimum atomic E-state index is 0.578. The number of oxazole rings is 1. The van der Waals surface area contributed by atoms with Gasteiger partial charge in [0.25, 0.3) is 0 Å². The molecule has 5 heteroatoms. The average molecular weight is 603 g/mol. The molecule has 0 amide bonds. The van der Waals surface area contributed by atoms with E-state index in [0.29, 0.717) is 28.9 Å². The molecule has 0 saturated carbocycles. The summed E-state index contributed by atoms with van der Waals surface area (Å²) in [6, 6.07) is 53.6. The predicted octanol–water partition coefficient (Wildman–Crippen LogP) is 10.7. The highest BCUT2D eigenvalue weighted by Gasteiger charge is 2.18. The van der Waals surface area contributed by atoms with Gasteiger partial charge in [-0.3, -0.25) is 0 Å². The summed E-state index contributed by atoms with van der Waals surface area (Å²) < 4.78 is 6.25. The molecule has 0 N–H and O–H groups in total. The first-order chi connectivity index (χ1) is 23.3. The van der Waals surface area contributed by atoms with E-state index in [1.165, 1.54) is 16.3 Å². The molecule has 0 saturated heterocycles. The Balaban J connectivity index is 1.22. The van der Waals surface area contributed by atoms with Gasteiger partial charge in [-0.2, -0.15) is 0 Å². The molecule has 2 heterocycles. The standard InChI is InChI=1S/C42H26N4O/c1-3-12-30(13-4-1)39-44-40(31-23-21-28(22-24-31)34-19-9-16-27-11-7-8-18-33(27)34)46-41(45-39)35-20-10-17-29-25-26-36-38(37(29)35)43-42(47-36)32-14-5-2-6-15-32/h1-26H. The first kappa shape index (κ1) is 26.9. The lowest BCUT2D eigenvalue weighted by molar-refractivity contribution is 0.620. The van der Waals surface area contributed by atoms with Crippen molar-refractivity contribution in [3.05, 3.63) is 158 Å². The summed E-state index contributed by atoms with van der Waals surface area (Å²) in [7, 11) is 0. The minimum Gasteiger partial charge on any atom is -0.436 e.